The molecule has 1 aliphatic carbocycles. The molecule has 0 fully saturated rings. The molecule has 0 heterocycles. The van der Waals surface area contributed by atoms with Crippen molar-refractivity contribution in [2.75, 3.05) is 7.05 Å². The number of hydrogen-bond acceptors (Lipinski definition) is 3. The van der Waals surface area contributed by atoms with Crippen molar-refractivity contribution < 1.29 is 4.92 Å². The van der Waals surface area contributed by atoms with E-state index < -0.39 is 0 Å². The van der Waals surface area contributed by atoms with Crippen LogP contribution in [0.5, 0.6) is 0 Å². The summed E-state index contributed by atoms with van der Waals surface area (Å²) < 4.78 is 0. The maximum atomic E-state index is 10.7. The van der Waals surface area contributed by atoms with Crippen LogP contribution in [0, 0.1) is 10.1 Å². The molecule has 1 aromatic rings. The van der Waals surface area contributed by atoms with E-state index in [1.54, 1.807) is 12.1 Å². The van der Waals surface area contributed by atoms with Crippen LogP contribution < -0.4 is 5.32 Å². The van der Waals surface area contributed by atoms with E-state index >= 15 is 0 Å². The van der Waals surface area contributed by atoms with Gasteiger partial charge in [-0.15, -0.1) is 0 Å². The van der Waals surface area contributed by atoms with Gasteiger partial charge in [0.25, 0.3) is 5.69 Å². The predicted molar refractivity (Wildman–Crippen MR) is 62.6 cm³/mol. The zero-order valence-electron chi connectivity index (χ0n) is 9.40. The Balaban J connectivity index is 2.25. The highest BCUT2D eigenvalue weighted by atomic mass is 16.6. The minimum Gasteiger partial charge on any atom is -0.317 e. The van der Waals surface area contributed by atoms with Gasteiger partial charge in [-0.3, -0.25) is 10.1 Å². The topological polar surface area (TPSA) is 55.2 Å². The molecule has 1 atom stereocenters. The first kappa shape index (κ1) is 11.1. The summed E-state index contributed by atoms with van der Waals surface area (Å²) in [7, 11) is 1.98. The maximum absolute atomic E-state index is 10.7. The van der Waals surface area contributed by atoms with Gasteiger partial charge in [0.1, 0.15) is 0 Å². The van der Waals surface area contributed by atoms with E-state index in [0.717, 1.165) is 31.2 Å². The highest BCUT2D eigenvalue weighted by Crippen LogP contribution is 2.24. The monoisotopic (exact) mass is 220 g/mol. The second-order valence-corrected chi connectivity index (χ2v) is 4.27. The van der Waals surface area contributed by atoms with E-state index in [2.05, 4.69) is 5.32 Å². The molecule has 0 unspecified atom stereocenters. The number of nitrogens with zero attached hydrogens (tertiary/aromatic N) is 1. The molecule has 0 amide bonds. The second kappa shape index (κ2) is 4.61. The van der Waals surface area contributed by atoms with Crippen molar-refractivity contribution in [3.05, 3.63) is 39.4 Å². The average molecular weight is 220 g/mol. The van der Waals surface area contributed by atoms with Crippen LogP contribution in [0.1, 0.15) is 24.0 Å². The SMILES string of the molecule is CN[C@H]1CCc2ccc([N+](=O)[O-])cc2CC1. The number of hydrogen-bond donors (Lipinski definition) is 1. The molecule has 0 aromatic heterocycles. The molecule has 86 valence electrons. The molecule has 1 N–H and O–H groups in total. The molecule has 2 rings (SSSR count). The number of non-ortho nitro benzene ring substituents is 1. The number of aryl methyl sites for hydroxylation is 2. The average Bonchev–Trinajstić information content (AvgIpc) is 2.50. The Morgan fingerprint density at radius 1 is 1.31 bits per heavy atom. The first-order valence-corrected chi connectivity index (χ1v) is 5.64. The number of nitrogens with one attached hydrogen (secondary N) is 1. The summed E-state index contributed by atoms with van der Waals surface area (Å²) in [6, 6.07) is 5.78. The molecule has 1 aliphatic rings. The first-order valence-electron chi connectivity index (χ1n) is 5.64. The van der Waals surface area contributed by atoms with Crippen molar-refractivity contribution in [2.45, 2.75) is 31.7 Å². The zero-order chi connectivity index (χ0) is 11.5. The van der Waals surface area contributed by atoms with E-state index in [1.807, 2.05) is 13.1 Å². The van der Waals surface area contributed by atoms with Crippen molar-refractivity contribution >= 4 is 5.69 Å². The van der Waals surface area contributed by atoms with E-state index in [-0.39, 0.29) is 10.6 Å². The van der Waals surface area contributed by atoms with Gasteiger partial charge in [-0.1, -0.05) is 6.07 Å². The molecule has 0 radical (unpaired) electrons. The fourth-order valence-electron chi connectivity index (χ4n) is 2.29. The van der Waals surface area contributed by atoms with Gasteiger partial charge in [-0.25, -0.2) is 0 Å². The van der Waals surface area contributed by atoms with Crippen molar-refractivity contribution in [3.63, 3.8) is 0 Å². The molecule has 4 nitrogen and oxygen atoms in total. The fraction of sp³-hybridized carbons (Fsp3) is 0.500. The Bertz CT molecular complexity index is 404. The van der Waals surface area contributed by atoms with E-state index in [4.69, 9.17) is 0 Å². The van der Waals surface area contributed by atoms with Crippen LogP contribution in [0.15, 0.2) is 18.2 Å². The number of nitro benzene ring substituents is 1. The van der Waals surface area contributed by atoms with Crippen molar-refractivity contribution in [1.82, 2.24) is 5.32 Å². The number of rotatable bonds is 2. The molecule has 1 aromatic carbocycles. The summed E-state index contributed by atoms with van der Waals surface area (Å²) in [6.45, 7) is 0. The first-order chi connectivity index (χ1) is 7.70. The lowest BCUT2D eigenvalue weighted by atomic mass is 10.0. The van der Waals surface area contributed by atoms with Gasteiger partial charge in [-0.05, 0) is 43.9 Å². The number of benzene rings is 1. The molecule has 4 heteroatoms. The van der Waals surface area contributed by atoms with Gasteiger partial charge in [0.15, 0.2) is 0 Å². The molecule has 0 aliphatic heterocycles. The Labute approximate surface area is 94.8 Å². The lowest BCUT2D eigenvalue weighted by Gasteiger charge is -2.11. The summed E-state index contributed by atoms with van der Waals surface area (Å²) in [4.78, 5) is 10.4. The largest absolute Gasteiger partial charge is 0.317 e. The van der Waals surface area contributed by atoms with Crippen LogP contribution in [-0.4, -0.2) is 18.0 Å². The van der Waals surface area contributed by atoms with Crippen LogP contribution in [0.2, 0.25) is 0 Å². The normalized spacial score (nSPS) is 19.9. The molecule has 0 spiro atoms. The second-order valence-electron chi connectivity index (χ2n) is 4.27. The van der Waals surface area contributed by atoms with Crippen LogP contribution in [-0.2, 0) is 12.8 Å². The molecule has 0 saturated heterocycles. The van der Waals surface area contributed by atoms with E-state index in [9.17, 15) is 10.1 Å². The van der Waals surface area contributed by atoms with E-state index in [1.165, 1.54) is 5.56 Å². The Hall–Kier alpha value is -1.42. The minimum atomic E-state index is -0.319. The standard InChI is InChI=1S/C12H16N2O2/c1-13-11-5-2-9-4-7-12(14(15)16)8-10(9)3-6-11/h4,7-8,11,13H,2-3,5-6H2,1H3/t11-/m0/s1. The third-order valence-corrected chi connectivity index (χ3v) is 3.33. The highest BCUT2D eigenvalue weighted by Gasteiger charge is 2.17. The number of fused-ring (bicyclic) bond motifs is 1. The summed E-state index contributed by atoms with van der Waals surface area (Å²) >= 11 is 0. The van der Waals surface area contributed by atoms with Gasteiger partial charge >= 0.3 is 0 Å². The third kappa shape index (κ3) is 2.22. The zero-order valence-corrected chi connectivity index (χ0v) is 9.40. The Morgan fingerprint density at radius 2 is 2.00 bits per heavy atom. The predicted octanol–water partition coefficient (Wildman–Crippen LogP) is 2.06. The summed E-state index contributed by atoms with van der Waals surface area (Å²) in [5, 5.41) is 14.0. The lowest BCUT2D eigenvalue weighted by molar-refractivity contribution is -0.384. The molecule has 16 heavy (non-hydrogen) atoms. The van der Waals surface area contributed by atoms with Gasteiger partial charge in [0.05, 0.1) is 4.92 Å². The quantitative estimate of drug-likeness (QED) is 0.471. The third-order valence-electron chi connectivity index (χ3n) is 3.33. The molecule has 0 saturated carbocycles. The highest BCUT2D eigenvalue weighted by molar-refractivity contribution is 5.40. The van der Waals surface area contributed by atoms with Gasteiger partial charge < -0.3 is 5.32 Å². The fourth-order valence-corrected chi connectivity index (χ4v) is 2.29. The molecule has 0 bridgehead atoms. The van der Waals surface area contributed by atoms with Gasteiger partial charge in [0.2, 0.25) is 0 Å². The summed E-state index contributed by atoms with van der Waals surface area (Å²) in [5.74, 6) is 0. The van der Waals surface area contributed by atoms with Crippen LogP contribution in [0.4, 0.5) is 5.69 Å². The molecular weight excluding hydrogens is 204 g/mol. The van der Waals surface area contributed by atoms with Crippen molar-refractivity contribution in [3.8, 4) is 0 Å². The van der Waals surface area contributed by atoms with Crippen LogP contribution >= 0.6 is 0 Å². The van der Waals surface area contributed by atoms with Crippen LogP contribution in [0.25, 0.3) is 0 Å². The molecular formula is C12H16N2O2. The van der Waals surface area contributed by atoms with E-state index in [0.29, 0.717) is 6.04 Å². The van der Waals surface area contributed by atoms with Crippen molar-refractivity contribution in [2.24, 2.45) is 0 Å². The minimum absolute atomic E-state index is 0.210. The smallest absolute Gasteiger partial charge is 0.269 e. The number of nitro groups is 1. The van der Waals surface area contributed by atoms with Crippen LogP contribution in [0.3, 0.4) is 0 Å². The van der Waals surface area contributed by atoms with Gasteiger partial charge in [-0.2, -0.15) is 0 Å². The maximum Gasteiger partial charge on any atom is 0.269 e. The van der Waals surface area contributed by atoms with Gasteiger partial charge in [0, 0.05) is 18.2 Å². The lowest BCUT2D eigenvalue weighted by Crippen LogP contribution is -2.24. The summed E-state index contributed by atoms with van der Waals surface area (Å²) in [6.07, 6.45) is 4.12. The Morgan fingerprint density at radius 3 is 2.62 bits per heavy atom. The summed E-state index contributed by atoms with van der Waals surface area (Å²) in [5.41, 5.74) is 2.62. The van der Waals surface area contributed by atoms with Crippen molar-refractivity contribution in [1.29, 1.82) is 0 Å². The Kier molecular flexibility index (Phi) is 3.19.